The molecule has 18 heavy (non-hydrogen) atoms. The summed E-state index contributed by atoms with van der Waals surface area (Å²) >= 11 is 0. The highest BCUT2D eigenvalue weighted by Crippen LogP contribution is 2.15. The summed E-state index contributed by atoms with van der Waals surface area (Å²) in [5.41, 5.74) is -0.0267. The van der Waals surface area contributed by atoms with Gasteiger partial charge in [-0.05, 0) is 38.1 Å². The highest BCUT2D eigenvalue weighted by Gasteiger charge is 2.15. The van der Waals surface area contributed by atoms with Crippen molar-refractivity contribution in [1.29, 1.82) is 0 Å². The van der Waals surface area contributed by atoms with Crippen molar-refractivity contribution in [3.63, 3.8) is 0 Å². The number of hydrogen-bond donors (Lipinski definition) is 0. The smallest absolute Gasteiger partial charge is 0.334 e. The molecule has 0 fully saturated rings. The van der Waals surface area contributed by atoms with Gasteiger partial charge in [0.1, 0.15) is 5.82 Å². The second-order valence-electron chi connectivity index (χ2n) is 3.52. The van der Waals surface area contributed by atoms with Crippen LogP contribution in [0.4, 0.5) is 4.39 Å². The van der Waals surface area contributed by atoms with E-state index in [4.69, 9.17) is 0 Å². The number of rotatable bonds is 4. The molecule has 1 aromatic rings. The van der Waals surface area contributed by atoms with Crippen molar-refractivity contribution >= 4 is 15.8 Å². The van der Waals surface area contributed by atoms with Crippen LogP contribution in [0.1, 0.15) is 13.8 Å². The summed E-state index contributed by atoms with van der Waals surface area (Å²) < 4.78 is 41.1. The molecule has 0 radical (unpaired) electrons. The first-order valence-electron chi connectivity index (χ1n) is 5.23. The Bertz CT molecular complexity index is 558. The quantitative estimate of drug-likeness (QED) is 0.478. The minimum Gasteiger partial charge on any atom is -0.463 e. The minimum absolute atomic E-state index is 0.0267. The van der Waals surface area contributed by atoms with Gasteiger partial charge in [0.05, 0.1) is 11.5 Å². The van der Waals surface area contributed by atoms with Crippen LogP contribution in [0.25, 0.3) is 0 Å². The van der Waals surface area contributed by atoms with Crippen LogP contribution >= 0.6 is 0 Å². The molecule has 0 heterocycles. The van der Waals surface area contributed by atoms with Gasteiger partial charge >= 0.3 is 5.97 Å². The maximum atomic E-state index is 12.7. The molecule has 1 aromatic carbocycles. The standard InChI is InChI=1S/C12H13FO4S/c1-3-17-12(14)9(2)8-18(15,16)11-6-4-10(13)5-7-11/h4-8H,3H2,1-2H3. The van der Waals surface area contributed by atoms with E-state index in [1.165, 1.54) is 6.92 Å². The molecular weight excluding hydrogens is 259 g/mol. The number of esters is 1. The van der Waals surface area contributed by atoms with Gasteiger partial charge in [-0.15, -0.1) is 0 Å². The van der Waals surface area contributed by atoms with Crippen LogP contribution in [0.3, 0.4) is 0 Å². The van der Waals surface area contributed by atoms with Crippen molar-refractivity contribution in [2.45, 2.75) is 18.7 Å². The zero-order valence-corrected chi connectivity index (χ0v) is 10.8. The third-order valence-corrected chi connectivity index (χ3v) is 3.66. The van der Waals surface area contributed by atoms with Gasteiger partial charge in [0.15, 0.2) is 9.84 Å². The SMILES string of the molecule is CCOC(=O)C(C)=CS(=O)(=O)c1ccc(F)cc1. The van der Waals surface area contributed by atoms with Gasteiger partial charge < -0.3 is 4.74 Å². The Morgan fingerprint density at radius 2 is 1.89 bits per heavy atom. The number of hydrogen-bond acceptors (Lipinski definition) is 4. The largest absolute Gasteiger partial charge is 0.463 e. The average Bonchev–Trinajstić information content (AvgIpc) is 2.29. The first-order chi connectivity index (χ1) is 8.36. The summed E-state index contributed by atoms with van der Waals surface area (Å²) in [6, 6.07) is 4.36. The lowest BCUT2D eigenvalue weighted by molar-refractivity contribution is -0.138. The van der Waals surface area contributed by atoms with E-state index in [2.05, 4.69) is 4.74 Å². The average molecular weight is 272 g/mol. The van der Waals surface area contributed by atoms with E-state index < -0.39 is 21.6 Å². The number of halogens is 1. The second-order valence-corrected chi connectivity index (χ2v) is 5.32. The molecule has 0 bridgehead atoms. The third kappa shape index (κ3) is 3.66. The Kier molecular flexibility index (Phi) is 4.61. The van der Waals surface area contributed by atoms with Crippen LogP contribution in [0.5, 0.6) is 0 Å². The van der Waals surface area contributed by atoms with Crippen LogP contribution in [0.2, 0.25) is 0 Å². The fourth-order valence-electron chi connectivity index (χ4n) is 1.22. The van der Waals surface area contributed by atoms with Crippen LogP contribution in [0.15, 0.2) is 40.1 Å². The summed E-state index contributed by atoms with van der Waals surface area (Å²) in [6.45, 7) is 3.14. The van der Waals surface area contributed by atoms with Crippen molar-refractivity contribution in [3.8, 4) is 0 Å². The predicted molar refractivity (Wildman–Crippen MR) is 64.0 cm³/mol. The lowest BCUT2D eigenvalue weighted by atomic mass is 10.3. The summed E-state index contributed by atoms with van der Waals surface area (Å²) in [5.74, 6) is -1.22. The number of carbonyl (C=O) groups excluding carboxylic acids is 1. The summed E-state index contributed by atoms with van der Waals surface area (Å²) in [5, 5.41) is 0.818. The van der Waals surface area contributed by atoms with Crippen LogP contribution in [0, 0.1) is 5.82 Å². The Hall–Kier alpha value is -1.69. The van der Waals surface area contributed by atoms with Gasteiger partial charge in [0, 0.05) is 11.0 Å². The van der Waals surface area contributed by atoms with E-state index in [1.807, 2.05) is 0 Å². The van der Waals surface area contributed by atoms with E-state index in [0.717, 1.165) is 29.7 Å². The lowest BCUT2D eigenvalue weighted by Crippen LogP contribution is -2.07. The van der Waals surface area contributed by atoms with Gasteiger partial charge in [-0.2, -0.15) is 0 Å². The van der Waals surface area contributed by atoms with E-state index in [0.29, 0.717) is 0 Å². The zero-order chi connectivity index (χ0) is 13.8. The van der Waals surface area contributed by atoms with E-state index >= 15 is 0 Å². The minimum atomic E-state index is -3.77. The molecule has 98 valence electrons. The predicted octanol–water partition coefficient (Wildman–Crippen LogP) is 2.07. The monoisotopic (exact) mass is 272 g/mol. The lowest BCUT2D eigenvalue weighted by Gasteiger charge is -2.03. The number of benzene rings is 1. The Labute approximate surface area is 105 Å². The first-order valence-corrected chi connectivity index (χ1v) is 6.77. The molecule has 0 saturated heterocycles. The summed E-state index contributed by atoms with van der Waals surface area (Å²) in [7, 11) is -3.77. The van der Waals surface area contributed by atoms with Gasteiger partial charge in [0.25, 0.3) is 0 Å². The van der Waals surface area contributed by atoms with Gasteiger partial charge in [-0.25, -0.2) is 17.6 Å². The zero-order valence-electron chi connectivity index (χ0n) is 10.0. The molecule has 0 amide bonds. The Balaban J connectivity index is 3.04. The molecule has 0 spiro atoms. The Morgan fingerprint density at radius 3 is 2.39 bits per heavy atom. The molecule has 0 atom stereocenters. The molecular formula is C12H13FO4S. The third-order valence-electron chi connectivity index (χ3n) is 2.07. The molecule has 0 aliphatic rings. The van der Waals surface area contributed by atoms with Gasteiger partial charge in [-0.3, -0.25) is 0 Å². The summed E-state index contributed by atoms with van der Waals surface area (Å²) in [6.07, 6.45) is 0. The second kappa shape index (κ2) is 5.77. The molecule has 0 unspecified atom stereocenters. The summed E-state index contributed by atoms with van der Waals surface area (Å²) in [4.78, 5) is 11.2. The topological polar surface area (TPSA) is 60.4 Å². The molecule has 4 nitrogen and oxygen atoms in total. The fraction of sp³-hybridized carbons (Fsp3) is 0.250. The first kappa shape index (κ1) is 14.4. The van der Waals surface area contributed by atoms with Crippen molar-refractivity contribution in [1.82, 2.24) is 0 Å². The van der Waals surface area contributed by atoms with E-state index in [9.17, 15) is 17.6 Å². The van der Waals surface area contributed by atoms with Crippen molar-refractivity contribution < 1.29 is 22.3 Å². The molecule has 6 heteroatoms. The molecule has 0 N–H and O–H groups in total. The number of sulfone groups is 1. The van der Waals surface area contributed by atoms with Crippen molar-refractivity contribution in [2.24, 2.45) is 0 Å². The van der Waals surface area contributed by atoms with Gasteiger partial charge in [0.2, 0.25) is 0 Å². The van der Waals surface area contributed by atoms with E-state index in [-0.39, 0.29) is 17.1 Å². The van der Waals surface area contributed by atoms with Gasteiger partial charge in [-0.1, -0.05) is 0 Å². The highest BCUT2D eigenvalue weighted by atomic mass is 32.2. The van der Waals surface area contributed by atoms with Crippen molar-refractivity contribution in [2.75, 3.05) is 6.61 Å². The molecule has 0 aliphatic carbocycles. The number of carbonyl (C=O) groups is 1. The maximum absolute atomic E-state index is 12.7. The van der Waals surface area contributed by atoms with E-state index in [1.54, 1.807) is 6.92 Å². The van der Waals surface area contributed by atoms with Crippen LogP contribution in [-0.2, 0) is 19.4 Å². The fourth-order valence-corrected chi connectivity index (χ4v) is 2.43. The van der Waals surface area contributed by atoms with Crippen LogP contribution in [-0.4, -0.2) is 21.0 Å². The Morgan fingerprint density at radius 1 is 1.33 bits per heavy atom. The maximum Gasteiger partial charge on any atom is 0.334 e. The highest BCUT2D eigenvalue weighted by molar-refractivity contribution is 7.94. The molecule has 0 saturated carbocycles. The van der Waals surface area contributed by atoms with Crippen LogP contribution < -0.4 is 0 Å². The molecule has 0 aromatic heterocycles. The van der Waals surface area contributed by atoms with Crippen molar-refractivity contribution in [3.05, 3.63) is 41.1 Å². The molecule has 1 rings (SSSR count). The normalized spacial score (nSPS) is 12.3. The molecule has 0 aliphatic heterocycles. The number of ether oxygens (including phenoxy) is 1.